The molecule has 1 aliphatic heterocycles. The first kappa shape index (κ1) is 8.62. The van der Waals surface area contributed by atoms with Gasteiger partial charge in [-0.25, -0.2) is 0 Å². The number of benzene rings is 1. The first-order chi connectivity index (χ1) is 6.75. The third-order valence-electron chi connectivity index (χ3n) is 1.84. The summed E-state index contributed by atoms with van der Waals surface area (Å²) in [6, 6.07) is 7.37. The summed E-state index contributed by atoms with van der Waals surface area (Å²) in [5.41, 5.74) is 0.849. The Morgan fingerprint density at radius 1 is 1.43 bits per heavy atom. The van der Waals surface area contributed by atoms with Gasteiger partial charge in [0.1, 0.15) is 17.9 Å². The predicted molar refractivity (Wildman–Crippen MR) is 51.0 cm³/mol. The van der Waals surface area contributed by atoms with Crippen molar-refractivity contribution in [3.05, 3.63) is 36.2 Å². The summed E-state index contributed by atoms with van der Waals surface area (Å²) in [6.07, 6.45) is 1.46. The number of carboxylic acids is 1. The SMILES string of the molecule is O=C(O)CC1=CNc2ccccc2O1. The third-order valence-corrected chi connectivity index (χ3v) is 1.84. The summed E-state index contributed by atoms with van der Waals surface area (Å²) < 4.78 is 5.36. The van der Waals surface area contributed by atoms with Gasteiger partial charge in [0.15, 0.2) is 0 Å². The Morgan fingerprint density at radius 3 is 3.00 bits per heavy atom. The second-order valence-corrected chi connectivity index (χ2v) is 2.92. The zero-order chi connectivity index (χ0) is 9.97. The zero-order valence-electron chi connectivity index (χ0n) is 7.36. The van der Waals surface area contributed by atoms with Crippen LogP contribution in [0.4, 0.5) is 5.69 Å². The van der Waals surface area contributed by atoms with Crippen LogP contribution in [0.5, 0.6) is 5.75 Å². The Kier molecular flexibility index (Phi) is 2.10. The maximum absolute atomic E-state index is 10.4. The number of carbonyl (C=O) groups is 1. The molecule has 0 atom stereocenters. The molecule has 1 aliphatic rings. The third kappa shape index (κ3) is 1.69. The lowest BCUT2D eigenvalue weighted by Gasteiger charge is -2.17. The van der Waals surface area contributed by atoms with Crippen LogP contribution in [0.3, 0.4) is 0 Å². The van der Waals surface area contributed by atoms with Crippen LogP contribution in [-0.4, -0.2) is 11.1 Å². The van der Waals surface area contributed by atoms with Crippen molar-refractivity contribution < 1.29 is 14.6 Å². The van der Waals surface area contributed by atoms with Gasteiger partial charge in [-0.05, 0) is 12.1 Å². The highest BCUT2D eigenvalue weighted by Crippen LogP contribution is 2.29. The molecule has 0 unspecified atom stereocenters. The van der Waals surface area contributed by atoms with E-state index < -0.39 is 5.97 Å². The lowest BCUT2D eigenvalue weighted by atomic mass is 10.2. The van der Waals surface area contributed by atoms with Crippen LogP contribution in [0, 0.1) is 0 Å². The normalized spacial score (nSPS) is 13.3. The van der Waals surface area contributed by atoms with Crippen LogP contribution in [0.1, 0.15) is 6.42 Å². The first-order valence-electron chi connectivity index (χ1n) is 4.20. The number of carboxylic acid groups (broad SMARTS) is 1. The molecular formula is C10H9NO3. The molecule has 0 aliphatic carbocycles. The summed E-state index contributed by atoms with van der Waals surface area (Å²) in [5.74, 6) is 0.167. The molecule has 14 heavy (non-hydrogen) atoms. The Balaban J connectivity index is 2.17. The topological polar surface area (TPSA) is 58.6 Å². The summed E-state index contributed by atoms with van der Waals surface area (Å²) in [7, 11) is 0. The fraction of sp³-hybridized carbons (Fsp3) is 0.100. The van der Waals surface area contributed by atoms with E-state index in [1.54, 1.807) is 12.3 Å². The molecule has 0 fully saturated rings. The van der Waals surface area contributed by atoms with E-state index in [9.17, 15) is 4.79 Å². The van der Waals surface area contributed by atoms with E-state index in [4.69, 9.17) is 9.84 Å². The van der Waals surface area contributed by atoms with Crippen molar-refractivity contribution in [3.63, 3.8) is 0 Å². The Morgan fingerprint density at radius 2 is 2.21 bits per heavy atom. The number of para-hydroxylation sites is 2. The quantitative estimate of drug-likeness (QED) is 0.748. The largest absolute Gasteiger partial charge is 0.481 e. The van der Waals surface area contributed by atoms with Gasteiger partial charge in [0.05, 0.1) is 5.69 Å². The molecule has 0 radical (unpaired) electrons. The molecule has 4 nitrogen and oxygen atoms in total. The molecule has 0 spiro atoms. The van der Waals surface area contributed by atoms with Gasteiger partial charge in [0, 0.05) is 6.20 Å². The Hall–Kier alpha value is -1.97. The molecule has 2 rings (SSSR count). The average molecular weight is 191 g/mol. The van der Waals surface area contributed by atoms with Crippen LogP contribution in [0.25, 0.3) is 0 Å². The minimum Gasteiger partial charge on any atom is -0.481 e. The van der Waals surface area contributed by atoms with Crippen LogP contribution in [-0.2, 0) is 4.79 Å². The number of hydrogen-bond acceptors (Lipinski definition) is 3. The van der Waals surface area contributed by atoms with Crippen LogP contribution in [0.15, 0.2) is 36.2 Å². The van der Waals surface area contributed by atoms with Crippen LogP contribution in [0.2, 0.25) is 0 Å². The highest BCUT2D eigenvalue weighted by atomic mass is 16.5. The Bertz CT molecular complexity index is 398. The molecule has 1 aromatic rings. The van der Waals surface area contributed by atoms with Crippen molar-refractivity contribution >= 4 is 11.7 Å². The minimum atomic E-state index is -0.905. The van der Waals surface area contributed by atoms with E-state index in [2.05, 4.69) is 5.32 Å². The highest BCUT2D eigenvalue weighted by molar-refractivity contribution is 5.71. The number of aliphatic carboxylic acids is 1. The first-order valence-corrected chi connectivity index (χ1v) is 4.20. The Labute approximate surface area is 80.8 Å². The molecule has 1 aromatic carbocycles. The standard InChI is InChI=1S/C10H9NO3/c12-10(13)5-7-6-11-8-3-1-2-4-9(8)14-7/h1-4,6,11H,5H2,(H,12,13). The van der Waals surface area contributed by atoms with E-state index in [1.165, 1.54) is 0 Å². The van der Waals surface area contributed by atoms with Gasteiger partial charge in [-0.1, -0.05) is 12.1 Å². The van der Waals surface area contributed by atoms with Crippen LogP contribution < -0.4 is 10.1 Å². The molecule has 1 heterocycles. The summed E-state index contributed by atoms with van der Waals surface area (Å²) in [4.78, 5) is 10.4. The van der Waals surface area contributed by atoms with Crippen molar-refractivity contribution in [1.29, 1.82) is 0 Å². The van der Waals surface area contributed by atoms with Gasteiger partial charge >= 0.3 is 5.97 Å². The second kappa shape index (κ2) is 3.41. The molecule has 0 saturated carbocycles. The molecule has 72 valence electrons. The van der Waals surface area contributed by atoms with E-state index in [-0.39, 0.29) is 6.42 Å². The van der Waals surface area contributed by atoms with Crippen molar-refractivity contribution in [2.45, 2.75) is 6.42 Å². The van der Waals surface area contributed by atoms with Crippen molar-refractivity contribution in [3.8, 4) is 5.75 Å². The highest BCUT2D eigenvalue weighted by Gasteiger charge is 2.13. The van der Waals surface area contributed by atoms with E-state index in [0.29, 0.717) is 11.5 Å². The van der Waals surface area contributed by atoms with Crippen LogP contribution >= 0.6 is 0 Å². The number of nitrogens with one attached hydrogen (secondary N) is 1. The van der Waals surface area contributed by atoms with E-state index in [0.717, 1.165) is 5.69 Å². The maximum Gasteiger partial charge on any atom is 0.311 e. The smallest absolute Gasteiger partial charge is 0.311 e. The lowest BCUT2D eigenvalue weighted by Crippen LogP contribution is -2.10. The lowest BCUT2D eigenvalue weighted by molar-refractivity contribution is -0.136. The fourth-order valence-corrected chi connectivity index (χ4v) is 1.24. The van der Waals surface area contributed by atoms with Crippen molar-refractivity contribution in [2.24, 2.45) is 0 Å². The average Bonchev–Trinajstić information content (AvgIpc) is 2.17. The molecule has 4 heteroatoms. The van der Waals surface area contributed by atoms with Crippen molar-refractivity contribution in [1.82, 2.24) is 0 Å². The van der Waals surface area contributed by atoms with Gasteiger partial charge < -0.3 is 15.2 Å². The predicted octanol–water partition coefficient (Wildman–Crippen LogP) is 1.81. The molecule has 0 aromatic heterocycles. The van der Waals surface area contributed by atoms with Gasteiger partial charge in [-0.3, -0.25) is 4.79 Å². The molecule has 0 saturated heterocycles. The van der Waals surface area contributed by atoms with Gasteiger partial charge in [-0.15, -0.1) is 0 Å². The number of rotatable bonds is 2. The summed E-state index contributed by atoms with van der Waals surface area (Å²) >= 11 is 0. The number of anilines is 1. The number of fused-ring (bicyclic) bond motifs is 1. The number of hydrogen-bond donors (Lipinski definition) is 2. The fourth-order valence-electron chi connectivity index (χ4n) is 1.24. The van der Waals surface area contributed by atoms with Gasteiger partial charge in [-0.2, -0.15) is 0 Å². The minimum absolute atomic E-state index is 0.110. The van der Waals surface area contributed by atoms with Gasteiger partial charge in [0.2, 0.25) is 0 Å². The molecule has 0 amide bonds. The molecule has 0 bridgehead atoms. The maximum atomic E-state index is 10.4. The van der Waals surface area contributed by atoms with E-state index >= 15 is 0 Å². The zero-order valence-corrected chi connectivity index (χ0v) is 7.36. The van der Waals surface area contributed by atoms with Crippen molar-refractivity contribution in [2.75, 3.05) is 5.32 Å². The summed E-state index contributed by atoms with van der Waals surface area (Å²) in [5, 5.41) is 11.5. The van der Waals surface area contributed by atoms with Gasteiger partial charge in [0.25, 0.3) is 0 Å². The second-order valence-electron chi connectivity index (χ2n) is 2.92. The molecular weight excluding hydrogens is 182 g/mol. The number of ether oxygens (including phenoxy) is 1. The van der Waals surface area contributed by atoms with E-state index in [1.807, 2.05) is 18.2 Å². The summed E-state index contributed by atoms with van der Waals surface area (Å²) in [6.45, 7) is 0. The monoisotopic (exact) mass is 191 g/mol. The molecule has 2 N–H and O–H groups in total.